The zero-order chi connectivity index (χ0) is 12.8. The molecular formula is C13H20N2O2S. The van der Waals surface area contributed by atoms with E-state index in [4.69, 9.17) is 4.74 Å². The van der Waals surface area contributed by atoms with Crippen LogP contribution in [-0.4, -0.2) is 35.6 Å². The Hall–Kier alpha value is -0.550. The zero-order valence-electron chi connectivity index (χ0n) is 10.9. The number of methoxy groups -OCH3 is 1. The molecule has 2 fully saturated rings. The first-order valence-electron chi connectivity index (χ1n) is 6.68. The Labute approximate surface area is 112 Å². The molecule has 4 atom stereocenters. The number of hydrogen-bond donors (Lipinski definition) is 1. The molecule has 2 saturated carbocycles. The molecule has 1 aliphatic heterocycles. The maximum Gasteiger partial charge on any atom is 0.266 e. The molecule has 18 heavy (non-hydrogen) atoms. The van der Waals surface area contributed by atoms with E-state index in [1.165, 1.54) is 37.4 Å². The number of hydrogen-bond acceptors (Lipinski definition) is 4. The number of aliphatic imine (C=N–C) groups is 1. The number of carbonyl (C=O) groups is 1. The van der Waals surface area contributed by atoms with Gasteiger partial charge in [0.05, 0.1) is 6.61 Å². The minimum Gasteiger partial charge on any atom is -0.383 e. The second kappa shape index (κ2) is 4.53. The third-order valence-corrected chi connectivity index (χ3v) is 5.59. The van der Waals surface area contributed by atoms with Gasteiger partial charge >= 0.3 is 0 Å². The van der Waals surface area contributed by atoms with Crippen LogP contribution in [0.25, 0.3) is 0 Å². The molecule has 3 rings (SSSR count). The van der Waals surface area contributed by atoms with Crippen LogP contribution in [0.1, 0.15) is 32.6 Å². The number of rotatable bonds is 3. The van der Waals surface area contributed by atoms with Gasteiger partial charge in [0.25, 0.3) is 5.91 Å². The molecular weight excluding hydrogens is 248 g/mol. The molecule has 2 aliphatic carbocycles. The lowest BCUT2D eigenvalue weighted by atomic mass is 9.96. The average molecular weight is 268 g/mol. The number of nitrogens with zero attached hydrogens (tertiary/aromatic N) is 1. The fourth-order valence-electron chi connectivity index (χ4n) is 3.50. The highest BCUT2D eigenvalue weighted by Gasteiger charge is 2.44. The Morgan fingerprint density at radius 3 is 2.94 bits per heavy atom. The predicted molar refractivity (Wildman–Crippen MR) is 72.7 cm³/mol. The molecule has 0 radical (unpaired) electrons. The smallest absolute Gasteiger partial charge is 0.266 e. The van der Waals surface area contributed by atoms with Crippen LogP contribution >= 0.6 is 11.8 Å². The van der Waals surface area contributed by atoms with Crippen LogP contribution in [0.2, 0.25) is 0 Å². The molecule has 100 valence electrons. The van der Waals surface area contributed by atoms with Gasteiger partial charge in [0, 0.05) is 13.2 Å². The van der Waals surface area contributed by atoms with Crippen molar-refractivity contribution in [2.45, 2.75) is 43.4 Å². The summed E-state index contributed by atoms with van der Waals surface area (Å²) in [5, 5.41) is 4.29. The number of amides is 1. The van der Waals surface area contributed by atoms with Crippen LogP contribution in [0, 0.1) is 11.8 Å². The number of carbonyl (C=O) groups excluding carboxylic acids is 1. The third kappa shape index (κ3) is 2.07. The summed E-state index contributed by atoms with van der Waals surface area (Å²) < 4.78 is 4.59. The van der Waals surface area contributed by atoms with Crippen LogP contribution in [-0.2, 0) is 9.53 Å². The molecule has 0 spiro atoms. The fourth-order valence-corrected chi connectivity index (χ4v) is 4.57. The summed E-state index contributed by atoms with van der Waals surface area (Å²) in [5.74, 6) is 1.63. The Balaban J connectivity index is 1.62. The van der Waals surface area contributed by atoms with Gasteiger partial charge in [0.1, 0.15) is 4.75 Å². The van der Waals surface area contributed by atoms with Gasteiger partial charge in [-0.3, -0.25) is 4.79 Å². The number of thioether (sulfide) groups is 1. The van der Waals surface area contributed by atoms with Crippen molar-refractivity contribution < 1.29 is 9.53 Å². The van der Waals surface area contributed by atoms with Crippen LogP contribution in [0.15, 0.2) is 4.99 Å². The largest absolute Gasteiger partial charge is 0.383 e. The molecule has 1 amide bonds. The number of amidine groups is 1. The summed E-state index contributed by atoms with van der Waals surface area (Å²) in [6.45, 7) is 2.32. The van der Waals surface area contributed by atoms with Gasteiger partial charge in [-0.15, -0.1) is 0 Å². The molecule has 0 aromatic carbocycles. The lowest BCUT2D eigenvalue weighted by Gasteiger charge is -2.24. The highest BCUT2D eigenvalue weighted by Crippen LogP contribution is 2.45. The van der Waals surface area contributed by atoms with Crippen molar-refractivity contribution in [2.75, 3.05) is 13.7 Å². The summed E-state index contributed by atoms with van der Waals surface area (Å²) in [6.07, 6.45) is 5.34. The second-order valence-electron chi connectivity index (χ2n) is 5.91. The Morgan fingerprint density at radius 1 is 1.50 bits per heavy atom. The first-order chi connectivity index (χ1) is 8.60. The first kappa shape index (κ1) is 12.5. The maximum absolute atomic E-state index is 11.9. The number of nitrogens with one attached hydrogen (secondary N) is 1. The van der Waals surface area contributed by atoms with Crippen molar-refractivity contribution in [3.8, 4) is 0 Å². The highest BCUT2D eigenvalue weighted by atomic mass is 32.2. The van der Waals surface area contributed by atoms with E-state index in [0.29, 0.717) is 12.6 Å². The van der Waals surface area contributed by atoms with Crippen LogP contribution in [0.4, 0.5) is 0 Å². The van der Waals surface area contributed by atoms with E-state index >= 15 is 0 Å². The molecule has 2 bridgehead atoms. The maximum atomic E-state index is 11.9. The molecule has 3 aliphatic rings. The minimum atomic E-state index is -0.533. The van der Waals surface area contributed by atoms with Crippen molar-refractivity contribution in [3.05, 3.63) is 0 Å². The highest BCUT2D eigenvalue weighted by molar-refractivity contribution is 8.16. The van der Waals surface area contributed by atoms with E-state index < -0.39 is 4.75 Å². The van der Waals surface area contributed by atoms with Gasteiger partial charge in [-0.2, -0.15) is 4.99 Å². The summed E-state index contributed by atoms with van der Waals surface area (Å²) >= 11 is 1.52. The van der Waals surface area contributed by atoms with Crippen molar-refractivity contribution in [1.82, 2.24) is 5.32 Å². The minimum absolute atomic E-state index is 0.0694. The number of ether oxygens (including phenoxy) is 1. The van der Waals surface area contributed by atoms with Gasteiger partial charge in [-0.1, -0.05) is 18.2 Å². The molecule has 0 aromatic rings. The van der Waals surface area contributed by atoms with E-state index in [1.54, 1.807) is 7.11 Å². The summed E-state index contributed by atoms with van der Waals surface area (Å²) in [7, 11) is 1.63. The van der Waals surface area contributed by atoms with Crippen molar-refractivity contribution in [1.29, 1.82) is 0 Å². The normalized spacial score (nSPS) is 42.4. The summed E-state index contributed by atoms with van der Waals surface area (Å²) in [4.78, 5) is 16.1. The molecule has 4 nitrogen and oxygen atoms in total. The molecule has 2 unspecified atom stereocenters. The van der Waals surface area contributed by atoms with E-state index in [1.807, 2.05) is 6.92 Å². The van der Waals surface area contributed by atoms with Crippen molar-refractivity contribution in [3.63, 3.8) is 0 Å². The molecule has 0 saturated heterocycles. The molecule has 1 heterocycles. The quantitative estimate of drug-likeness (QED) is 0.848. The molecule has 1 N–H and O–H groups in total. The zero-order valence-corrected chi connectivity index (χ0v) is 11.8. The number of fused-ring (bicyclic) bond motifs is 2. The van der Waals surface area contributed by atoms with E-state index in [2.05, 4.69) is 10.3 Å². The van der Waals surface area contributed by atoms with E-state index in [-0.39, 0.29) is 5.91 Å². The Bertz CT molecular complexity index is 398. The SMILES string of the molecule is COCC1(C)SC(N[C@H]2C[C@@H]3CCC2C3)=NC1=O. The first-order valence-corrected chi connectivity index (χ1v) is 7.50. The summed E-state index contributed by atoms with van der Waals surface area (Å²) in [6, 6.07) is 0.535. The van der Waals surface area contributed by atoms with Gasteiger partial charge < -0.3 is 10.1 Å². The monoisotopic (exact) mass is 268 g/mol. The molecule has 0 aromatic heterocycles. The standard InChI is InChI=1S/C13H20N2O2S/c1-13(7-17-2)11(16)15-12(18-13)14-10-6-8-3-4-9(10)5-8/h8-10H,3-7H2,1-2H3,(H,14,15,16)/t8-,9?,10+,13?/m1/s1. The second-order valence-corrected chi connectivity index (χ2v) is 7.41. The summed E-state index contributed by atoms with van der Waals surface area (Å²) in [5.41, 5.74) is 0. The van der Waals surface area contributed by atoms with Crippen LogP contribution in [0.5, 0.6) is 0 Å². The Morgan fingerprint density at radius 2 is 2.33 bits per heavy atom. The lowest BCUT2D eigenvalue weighted by Crippen LogP contribution is -2.38. The predicted octanol–water partition coefficient (Wildman–Crippen LogP) is 1.80. The van der Waals surface area contributed by atoms with Gasteiger partial charge in [-0.05, 0) is 38.0 Å². The third-order valence-electron chi connectivity index (χ3n) is 4.44. The topological polar surface area (TPSA) is 50.7 Å². The van der Waals surface area contributed by atoms with Crippen molar-refractivity contribution in [2.24, 2.45) is 16.8 Å². The van der Waals surface area contributed by atoms with E-state index in [9.17, 15) is 4.79 Å². The fraction of sp³-hybridized carbons (Fsp3) is 0.846. The lowest BCUT2D eigenvalue weighted by molar-refractivity contribution is -0.120. The van der Waals surface area contributed by atoms with Crippen LogP contribution < -0.4 is 5.32 Å². The van der Waals surface area contributed by atoms with Gasteiger partial charge in [0.2, 0.25) is 0 Å². The molecule has 5 heteroatoms. The Kier molecular flexibility index (Phi) is 3.14. The van der Waals surface area contributed by atoms with Gasteiger partial charge in [-0.25, -0.2) is 0 Å². The van der Waals surface area contributed by atoms with Crippen molar-refractivity contribution >= 4 is 22.8 Å². The van der Waals surface area contributed by atoms with E-state index in [0.717, 1.165) is 17.0 Å². The van der Waals surface area contributed by atoms with Gasteiger partial charge in [0.15, 0.2) is 5.17 Å². The average Bonchev–Trinajstić information content (AvgIpc) is 2.96. The van der Waals surface area contributed by atoms with Crippen LogP contribution in [0.3, 0.4) is 0 Å².